The Bertz CT molecular complexity index is 1170. The van der Waals surface area contributed by atoms with Crippen LogP contribution in [0, 0.1) is 12.8 Å². The monoisotopic (exact) mass is 412 g/mol. The molecule has 3 aromatic rings. The van der Waals surface area contributed by atoms with Gasteiger partial charge in [0.15, 0.2) is 0 Å². The summed E-state index contributed by atoms with van der Waals surface area (Å²) in [7, 11) is 0. The molecular formula is C27H28N2O2. The third kappa shape index (κ3) is 3.38. The molecule has 1 saturated heterocycles. The van der Waals surface area contributed by atoms with Crippen molar-refractivity contribution in [2.75, 3.05) is 13.1 Å². The first kappa shape index (κ1) is 18.9. The highest BCUT2D eigenvalue weighted by Crippen LogP contribution is 2.42. The number of amides is 1. The number of ether oxygens (including phenoxy) is 1. The highest BCUT2D eigenvalue weighted by Gasteiger charge is 2.42. The number of aromatic nitrogens is 1. The molecule has 0 N–H and O–H groups in total. The van der Waals surface area contributed by atoms with E-state index in [1.165, 1.54) is 27.5 Å². The van der Waals surface area contributed by atoms with Crippen LogP contribution in [0.25, 0.3) is 21.9 Å². The average molecular weight is 413 g/mol. The molecule has 0 atom stereocenters. The van der Waals surface area contributed by atoms with Gasteiger partial charge >= 0.3 is 0 Å². The van der Waals surface area contributed by atoms with Gasteiger partial charge in [0.2, 0.25) is 5.91 Å². The summed E-state index contributed by atoms with van der Waals surface area (Å²) in [6.45, 7) is 3.74. The van der Waals surface area contributed by atoms with Crippen LogP contribution in [0.3, 0.4) is 0 Å². The van der Waals surface area contributed by atoms with Crippen molar-refractivity contribution in [2.45, 2.75) is 51.0 Å². The van der Waals surface area contributed by atoms with Crippen LogP contribution in [0.15, 0.2) is 48.7 Å². The van der Waals surface area contributed by atoms with E-state index in [9.17, 15) is 4.79 Å². The molecule has 3 aliphatic rings. The zero-order valence-electron chi connectivity index (χ0n) is 18.1. The minimum atomic E-state index is -0.0949. The summed E-state index contributed by atoms with van der Waals surface area (Å²) in [5.74, 6) is 1.71. The molecule has 1 aliphatic carbocycles. The van der Waals surface area contributed by atoms with Crippen molar-refractivity contribution in [3.8, 4) is 16.9 Å². The lowest BCUT2D eigenvalue weighted by Gasteiger charge is -2.44. The Balaban J connectivity index is 1.21. The topological polar surface area (TPSA) is 42.4 Å². The van der Waals surface area contributed by atoms with Gasteiger partial charge in [-0.1, -0.05) is 18.2 Å². The lowest BCUT2D eigenvalue weighted by molar-refractivity contribution is -0.136. The van der Waals surface area contributed by atoms with Crippen LogP contribution in [-0.2, 0) is 11.2 Å². The maximum atomic E-state index is 12.4. The second kappa shape index (κ2) is 7.08. The molecule has 0 radical (unpaired) electrons. The quantitative estimate of drug-likeness (QED) is 0.573. The molecule has 2 fully saturated rings. The molecule has 4 nitrogen and oxygen atoms in total. The molecule has 0 bridgehead atoms. The maximum absolute atomic E-state index is 12.4. The van der Waals surface area contributed by atoms with Gasteiger partial charge in [-0.3, -0.25) is 9.78 Å². The molecule has 1 saturated carbocycles. The first-order valence-electron chi connectivity index (χ1n) is 11.6. The van der Waals surface area contributed by atoms with Crippen LogP contribution >= 0.6 is 0 Å². The second-order valence-corrected chi connectivity index (χ2v) is 9.54. The van der Waals surface area contributed by atoms with Gasteiger partial charge in [0, 0.05) is 49.1 Å². The highest BCUT2D eigenvalue weighted by molar-refractivity contribution is 5.88. The number of hydrogen-bond donors (Lipinski definition) is 0. The minimum Gasteiger partial charge on any atom is -0.487 e. The number of fused-ring (bicyclic) bond motifs is 2. The van der Waals surface area contributed by atoms with Crippen LogP contribution < -0.4 is 4.74 Å². The second-order valence-electron chi connectivity index (χ2n) is 9.54. The Morgan fingerprint density at radius 3 is 2.61 bits per heavy atom. The van der Waals surface area contributed by atoms with E-state index in [-0.39, 0.29) is 5.60 Å². The lowest BCUT2D eigenvalue weighted by atomic mass is 9.82. The largest absolute Gasteiger partial charge is 0.487 e. The summed E-state index contributed by atoms with van der Waals surface area (Å²) < 4.78 is 6.60. The van der Waals surface area contributed by atoms with E-state index in [2.05, 4.69) is 59.3 Å². The summed E-state index contributed by atoms with van der Waals surface area (Å²) >= 11 is 0. The van der Waals surface area contributed by atoms with E-state index >= 15 is 0 Å². The summed E-state index contributed by atoms with van der Waals surface area (Å²) in [6, 6.07) is 15.3. The van der Waals surface area contributed by atoms with Gasteiger partial charge in [0.25, 0.3) is 0 Å². The van der Waals surface area contributed by atoms with Gasteiger partial charge < -0.3 is 9.64 Å². The number of piperidine rings is 1. The Morgan fingerprint density at radius 1 is 1.03 bits per heavy atom. The standard InChI is InChI=1S/C27H28N2O2/c1-18-24-6-4-20(16-22(24)9-13-28-18)21-5-7-25-23(17-21)8-10-27(31-25)11-14-29(15-12-27)26(30)19-2-3-19/h4-7,9,13,16-17,19H,2-3,8,10-12,14-15H2,1H3. The average Bonchev–Trinajstić information content (AvgIpc) is 3.64. The minimum absolute atomic E-state index is 0.0949. The normalized spacial score (nSPS) is 19.8. The molecule has 2 aromatic carbocycles. The van der Waals surface area contributed by atoms with Gasteiger partial charge in [-0.05, 0) is 78.9 Å². The van der Waals surface area contributed by atoms with Gasteiger partial charge in [-0.2, -0.15) is 0 Å². The van der Waals surface area contributed by atoms with Crippen molar-refractivity contribution in [3.63, 3.8) is 0 Å². The zero-order valence-corrected chi connectivity index (χ0v) is 18.1. The number of rotatable bonds is 2. The molecule has 3 heterocycles. The lowest BCUT2D eigenvalue weighted by Crippen LogP contribution is -2.51. The number of carbonyl (C=O) groups excluding carboxylic acids is 1. The fourth-order valence-corrected chi connectivity index (χ4v) is 5.28. The van der Waals surface area contributed by atoms with Crippen LogP contribution in [0.2, 0.25) is 0 Å². The summed E-state index contributed by atoms with van der Waals surface area (Å²) in [4.78, 5) is 18.9. The van der Waals surface area contributed by atoms with Crippen LogP contribution in [0.4, 0.5) is 0 Å². The maximum Gasteiger partial charge on any atom is 0.225 e. The molecule has 1 aromatic heterocycles. The van der Waals surface area contributed by atoms with Crippen molar-refractivity contribution >= 4 is 16.7 Å². The van der Waals surface area contributed by atoms with E-state index in [1.807, 2.05) is 6.20 Å². The number of nitrogens with zero attached hydrogens (tertiary/aromatic N) is 2. The fraction of sp³-hybridized carbons (Fsp3) is 0.407. The third-order valence-corrected chi connectivity index (χ3v) is 7.45. The Labute approximate surface area is 183 Å². The molecule has 31 heavy (non-hydrogen) atoms. The van der Waals surface area contributed by atoms with E-state index < -0.39 is 0 Å². The molecule has 4 heteroatoms. The van der Waals surface area contributed by atoms with Crippen molar-refractivity contribution < 1.29 is 9.53 Å². The fourth-order valence-electron chi connectivity index (χ4n) is 5.28. The van der Waals surface area contributed by atoms with Gasteiger partial charge in [0.05, 0.1) is 0 Å². The van der Waals surface area contributed by atoms with Crippen LogP contribution in [-0.4, -0.2) is 34.5 Å². The molecule has 0 unspecified atom stereocenters. The van der Waals surface area contributed by atoms with Crippen molar-refractivity contribution in [1.82, 2.24) is 9.88 Å². The predicted octanol–water partition coefficient (Wildman–Crippen LogP) is 5.31. The van der Waals surface area contributed by atoms with Crippen LogP contribution in [0.1, 0.15) is 43.4 Å². The van der Waals surface area contributed by atoms with Crippen molar-refractivity contribution in [1.29, 1.82) is 0 Å². The number of carbonyl (C=O) groups is 1. The number of aryl methyl sites for hydroxylation is 2. The van der Waals surface area contributed by atoms with Crippen molar-refractivity contribution in [3.05, 3.63) is 59.9 Å². The summed E-state index contributed by atoms with van der Waals surface area (Å²) in [5.41, 5.74) is 4.73. The number of hydrogen-bond acceptors (Lipinski definition) is 3. The van der Waals surface area contributed by atoms with E-state index in [0.717, 1.165) is 63.1 Å². The molecule has 158 valence electrons. The first-order chi connectivity index (χ1) is 15.1. The zero-order chi connectivity index (χ0) is 21.0. The molecule has 1 amide bonds. The van der Waals surface area contributed by atoms with E-state index in [4.69, 9.17) is 4.74 Å². The smallest absolute Gasteiger partial charge is 0.225 e. The number of benzene rings is 2. The molecular weight excluding hydrogens is 384 g/mol. The number of pyridine rings is 1. The molecule has 2 aliphatic heterocycles. The number of likely N-dealkylation sites (tertiary alicyclic amines) is 1. The SMILES string of the molecule is Cc1nccc2cc(-c3ccc4c(c3)CCC3(CCN(C(=O)C5CC5)CC3)O4)ccc12. The summed E-state index contributed by atoms with van der Waals surface area (Å²) in [5, 5.41) is 2.44. The highest BCUT2D eigenvalue weighted by atomic mass is 16.5. The van der Waals surface area contributed by atoms with Gasteiger partial charge in [-0.25, -0.2) is 0 Å². The van der Waals surface area contributed by atoms with Gasteiger partial charge in [-0.15, -0.1) is 0 Å². The Morgan fingerprint density at radius 2 is 1.81 bits per heavy atom. The van der Waals surface area contributed by atoms with Crippen LogP contribution in [0.5, 0.6) is 5.75 Å². The predicted molar refractivity (Wildman–Crippen MR) is 122 cm³/mol. The molecule has 6 rings (SSSR count). The van der Waals surface area contributed by atoms with E-state index in [1.54, 1.807) is 0 Å². The van der Waals surface area contributed by atoms with Gasteiger partial charge in [0.1, 0.15) is 11.4 Å². The Kier molecular flexibility index (Phi) is 4.31. The molecule has 1 spiro atoms. The van der Waals surface area contributed by atoms with E-state index in [0.29, 0.717) is 11.8 Å². The Hall–Kier alpha value is -2.88. The summed E-state index contributed by atoms with van der Waals surface area (Å²) in [6.07, 6.45) is 8.02. The third-order valence-electron chi connectivity index (χ3n) is 7.45. The van der Waals surface area contributed by atoms with Crippen molar-refractivity contribution in [2.24, 2.45) is 5.92 Å². The first-order valence-corrected chi connectivity index (χ1v) is 11.6.